The quantitative estimate of drug-likeness (QED) is 0.752. The molecule has 1 rings (SSSR count). The zero-order chi connectivity index (χ0) is 10.4. The van der Waals surface area contributed by atoms with E-state index in [9.17, 15) is 0 Å². The Labute approximate surface area is 83.0 Å². The number of ether oxygens (including phenoxy) is 1. The van der Waals surface area contributed by atoms with Gasteiger partial charge in [-0.1, -0.05) is 6.08 Å². The van der Waals surface area contributed by atoms with Gasteiger partial charge in [-0.05, 0) is 24.6 Å². The van der Waals surface area contributed by atoms with Crippen LogP contribution in [0.3, 0.4) is 0 Å². The number of aliphatic hydroxyl groups is 1. The Morgan fingerprint density at radius 1 is 1.57 bits per heavy atom. The first-order chi connectivity index (χ1) is 6.77. The lowest BCUT2D eigenvalue weighted by Gasteiger charge is -2.03. The van der Waals surface area contributed by atoms with Gasteiger partial charge in [-0.3, -0.25) is 0 Å². The van der Waals surface area contributed by atoms with Gasteiger partial charge in [0.25, 0.3) is 0 Å². The van der Waals surface area contributed by atoms with E-state index in [0.29, 0.717) is 18.0 Å². The normalized spacial score (nSPS) is 10.7. The number of pyridine rings is 1. The Bertz CT molecular complexity index is 324. The molecule has 1 aromatic heterocycles. The van der Waals surface area contributed by atoms with Gasteiger partial charge in [-0.15, -0.1) is 0 Å². The molecule has 4 heteroatoms. The average Bonchev–Trinajstić information content (AvgIpc) is 2.21. The molecule has 0 radical (unpaired) electrons. The molecule has 0 amide bonds. The SMILES string of the molecule is COc1nc(C=CCCO)ccc1N. The second-order valence-corrected chi connectivity index (χ2v) is 2.75. The van der Waals surface area contributed by atoms with Crippen LogP contribution in [-0.4, -0.2) is 23.8 Å². The van der Waals surface area contributed by atoms with Crippen molar-refractivity contribution in [1.82, 2.24) is 4.98 Å². The number of nitrogens with two attached hydrogens (primary N) is 1. The van der Waals surface area contributed by atoms with Crippen molar-refractivity contribution < 1.29 is 9.84 Å². The van der Waals surface area contributed by atoms with Gasteiger partial charge >= 0.3 is 0 Å². The molecule has 0 fully saturated rings. The highest BCUT2D eigenvalue weighted by molar-refractivity contribution is 5.54. The van der Waals surface area contributed by atoms with E-state index in [4.69, 9.17) is 15.6 Å². The summed E-state index contributed by atoms with van der Waals surface area (Å²) in [5, 5.41) is 8.57. The van der Waals surface area contributed by atoms with Gasteiger partial charge in [0.2, 0.25) is 5.88 Å². The number of anilines is 1. The van der Waals surface area contributed by atoms with Crippen LogP contribution in [0.4, 0.5) is 5.69 Å². The Morgan fingerprint density at radius 3 is 3.00 bits per heavy atom. The van der Waals surface area contributed by atoms with Crippen LogP contribution in [0.5, 0.6) is 5.88 Å². The second kappa shape index (κ2) is 5.24. The van der Waals surface area contributed by atoms with Crippen molar-refractivity contribution in [1.29, 1.82) is 0 Å². The van der Waals surface area contributed by atoms with E-state index in [0.717, 1.165) is 5.69 Å². The molecule has 0 saturated carbocycles. The molecule has 76 valence electrons. The van der Waals surface area contributed by atoms with Gasteiger partial charge in [-0.25, -0.2) is 4.98 Å². The standard InChI is InChI=1S/C10H14N2O2/c1-14-10-9(11)6-5-8(12-10)4-2-3-7-13/h2,4-6,13H,3,7,11H2,1H3. The summed E-state index contributed by atoms with van der Waals surface area (Å²) in [5.74, 6) is 0.427. The van der Waals surface area contributed by atoms with Crippen molar-refractivity contribution in [2.45, 2.75) is 6.42 Å². The number of nitrogens with zero attached hydrogens (tertiary/aromatic N) is 1. The minimum absolute atomic E-state index is 0.141. The van der Waals surface area contributed by atoms with Gasteiger partial charge in [0.15, 0.2) is 0 Å². The van der Waals surface area contributed by atoms with Crippen LogP contribution in [-0.2, 0) is 0 Å². The van der Waals surface area contributed by atoms with Gasteiger partial charge in [0.05, 0.1) is 18.5 Å². The maximum absolute atomic E-state index is 8.57. The lowest BCUT2D eigenvalue weighted by molar-refractivity contribution is 0.303. The minimum atomic E-state index is 0.141. The third-order valence-electron chi connectivity index (χ3n) is 1.69. The smallest absolute Gasteiger partial charge is 0.237 e. The van der Waals surface area contributed by atoms with E-state index in [1.54, 1.807) is 12.1 Å². The number of methoxy groups -OCH3 is 1. The predicted octanol–water partition coefficient (Wildman–Crippen LogP) is 1.07. The number of rotatable bonds is 4. The molecule has 0 saturated heterocycles. The minimum Gasteiger partial charge on any atom is -0.480 e. The van der Waals surface area contributed by atoms with Crippen LogP contribution >= 0.6 is 0 Å². The molecule has 14 heavy (non-hydrogen) atoms. The van der Waals surface area contributed by atoms with Gasteiger partial charge in [-0.2, -0.15) is 0 Å². The molecule has 0 bridgehead atoms. The Hall–Kier alpha value is -1.55. The van der Waals surface area contributed by atoms with E-state index in [2.05, 4.69) is 4.98 Å². The van der Waals surface area contributed by atoms with Crippen molar-refractivity contribution in [2.75, 3.05) is 19.5 Å². The zero-order valence-electron chi connectivity index (χ0n) is 8.10. The van der Waals surface area contributed by atoms with Gasteiger partial charge < -0.3 is 15.6 Å². The summed E-state index contributed by atoms with van der Waals surface area (Å²) in [6.07, 6.45) is 4.28. The Morgan fingerprint density at radius 2 is 2.36 bits per heavy atom. The van der Waals surface area contributed by atoms with Crippen molar-refractivity contribution >= 4 is 11.8 Å². The molecule has 0 spiro atoms. The molecule has 0 aliphatic rings. The molecular weight excluding hydrogens is 180 g/mol. The van der Waals surface area contributed by atoms with Gasteiger partial charge in [0, 0.05) is 6.61 Å². The number of aromatic nitrogens is 1. The van der Waals surface area contributed by atoms with E-state index in [-0.39, 0.29) is 6.61 Å². The number of hydrogen-bond acceptors (Lipinski definition) is 4. The topological polar surface area (TPSA) is 68.4 Å². The number of aliphatic hydroxyl groups excluding tert-OH is 1. The highest BCUT2D eigenvalue weighted by atomic mass is 16.5. The number of nitrogen functional groups attached to an aromatic ring is 1. The fourth-order valence-electron chi connectivity index (χ4n) is 1.00. The lowest BCUT2D eigenvalue weighted by Crippen LogP contribution is -1.96. The van der Waals surface area contributed by atoms with Crippen LogP contribution in [0.15, 0.2) is 18.2 Å². The van der Waals surface area contributed by atoms with Gasteiger partial charge in [0.1, 0.15) is 0 Å². The lowest BCUT2D eigenvalue weighted by atomic mass is 10.3. The third kappa shape index (κ3) is 2.74. The molecule has 0 aliphatic carbocycles. The molecule has 0 unspecified atom stereocenters. The third-order valence-corrected chi connectivity index (χ3v) is 1.69. The van der Waals surface area contributed by atoms with Crippen LogP contribution in [0.25, 0.3) is 6.08 Å². The first kappa shape index (κ1) is 10.5. The largest absolute Gasteiger partial charge is 0.480 e. The summed E-state index contributed by atoms with van der Waals surface area (Å²) >= 11 is 0. The average molecular weight is 194 g/mol. The van der Waals surface area contributed by atoms with Crippen LogP contribution in [0.1, 0.15) is 12.1 Å². The first-order valence-electron chi connectivity index (χ1n) is 4.36. The highest BCUT2D eigenvalue weighted by Gasteiger charge is 1.99. The van der Waals surface area contributed by atoms with E-state index in [1.807, 2.05) is 12.2 Å². The van der Waals surface area contributed by atoms with Crippen molar-refractivity contribution in [3.63, 3.8) is 0 Å². The predicted molar refractivity (Wildman–Crippen MR) is 55.9 cm³/mol. The van der Waals surface area contributed by atoms with Crippen LogP contribution < -0.4 is 10.5 Å². The monoisotopic (exact) mass is 194 g/mol. The summed E-state index contributed by atoms with van der Waals surface area (Å²) in [6.45, 7) is 0.141. The fraction of sp³-hybridized carbons (Fsp3) is 0.300. The van der Waals surface area contributed by atoms with Crippen LogP contribution in [0, 0.1) is 0 Å². The highest BCUT2D eigenvalue weighted by Crippen LogP contribution is 2.18. The van der Waals surface area contributed by atoms with Crippen molar-refractivity contribution in [2.24, 2.45) is 0 Å². The summed E-state index contributed by atoms with van der Waals surface area (Å²) in [5.41, 5.74) is 6.89. The van der Waals surface area contributed by atoms with Crippen molar-refractivity contribution in [3.8, 4) is 5.88 Å². The molecule has 0 aliphatic heterocycles. The van der Waals surface area contributed by atoms with Crippen LogP contribution in [0.2, 0.25) is 0 Å². The van der Waals surface area contributed by atoms with E-state index in [1.165, 1.54) is 7.11 Å². The maximum Gasteiger partial charge on any atom is 0.237 e. The molecular formula is C10H14N2O2. The Kier molecular flexibility index (Phi) is 3.94. The number of hydrogen-bond donors (Lipinski definition) is 2. The van der Waals surface area contributed by atoms with E-state index < -0.39 is 0 Å². The molecule has 1 aromatic rings. The molecule has 0 aromatic carbocycles. The first-order valence-corrected chi connectivity index (χ1v) is 4.36. The summed E-state index contributed by atoms with van der Waals surface area (Å²) in [6, 6.07) is 3.54. The molecule has 3 N–H and O–H groups in total. The Balaban J connectivity index is 2.79. The summed E-state index contributed by atoms with van der Waals surface area (Å²) < 4.78 is 4.97. The summed E-state index contributed by atoms with van der Waals surface area (Å²) in [4.78, 5) is 4.15. The second-order valence-electron chi connectivity index (χ2n) is 2.75. The molecule has 0 atom stereocenters. The fourth-order valence-corrected chi connectivity index (χ4v) is 1.00. The molecule has 4 nitrogen and oxygen atoms in total. The summed E-state index contributed by atoms with van der Waals surface area (Å²) in [7, 11) is 1.53. The van der Waals surface area contributed by atoms with Crippen molar-refractivity contribution in [3.05, 3.63) is 23.9 Å². The zero-order valence-corrected chi connectivity index (χ0v) is 8.10. The maximum atomic E-state index is 8.57. The van der Waals surface area contributed by atoms with E-state index >= 15 is 0 Å². The molecule has 1 heterocycles.